The molecule has 0 N–H and O–H groups in total. The second-order valence-electron chi connectivity index (χ2n) is 7.86. The van der Waals surface area contributed by atoms with E-state index in [-0.39, 0.29) is 16.3 Å². The van der Waals surface area contributed by atoms with Crippen LogP contribution in [0.15, 0.2) is 42.5 Å². The average Bonchev–Trinajstić information content (AvgIpc) is 2.74. The van der Waals surface area contributed by atoms with Gasteiger partial charge in [0.15, 0.2) is 11.6 Å². The number of halogens is 7. The van der Waals surface area contributed by atoms with Crippen molar-refractivity contribution in [2.24, 2.45) is 0 Å². The molecule has 2 nitrogen and oxygen atoms in total. The molecule has 3 aromatic carbocycles. The van der Waals surface area contributed by atoms with Gasteiger partial charge in [0, 0.05) is 5.39 Å². The van der Waals surface area contributed by atoms with Gasteiger partial charge < -0.3 is 9.47 Å². The summed E-state index contributed by atoms with van der Waals surface area (Å²) < 4.78 is 106. The minimum atomic E-state index is -4.36. The zero-order valence-corrected chi connectivity index (χ0v) is 18.3. The molecule has 3 rings (SSSR count). The molecule has 0 amide bonds. The lowest BCUT2D eigenvalue weighted by Crippen LogP contribution is -2.25. The van der Waals surface area contributed by atoms with E-state index in [1.165, 1.54) is 0 Å². The Hall–Kier alpha value is -2.97. The maximum atomic E-state index is 14.7. The fourth-order valence-electron chi connectivity index (χ4n) is 3.68. The first-order valence-electron chi connectivity index (χ1n) is 10.8. The number of fused-ring (bicyclic) bond motifs is 1. The number of aryl methyl sites for hydroxylation is 1. The van der Waals surface area contributed by atoms with E-state index in [9.17, 15) is 30.7 Å². The van der Waals surface area contributed by atoms with Crippen LogP contribution in [0.2, 0.25) is 0 Å². The molecule has 3 aromatic rings. The molecule has 9 heteroatoms. The molecule has 0 aliphatic carbocycles. The Bertz CT molecular complexity index is 1110. The third-order valence-corrected chi connectivity index (χ3v) is 5.31. The number of ether oxygens (including phenoxy) is 2. The van der Waals surface area contributed by atoms with Crippen molar-refractivity contribution >= 4 is 10.8 Å². The van der Waals surface area contributed by atoms with Crippen molar-refractivity contribution < 1.29 is 40.2 Å². The molecule has 0 atom stereocenters. The predicted octanol–water partition coefficient (Wildman–Crippen LogP) is 8.50. The van der Waals surface area contributed by atoms with Crippen LogP contribution in [0.4, 0.5) is 30.7 Å². The summed E-state index contributed by atoms with van der Waals surface area (Å²) in [6, 6.07) is 6.77. The van der Waals surface area contributed by atoms with Gasteiger partial charge in [-0.05, 0) is 60.2 Å². The molecule has 184 valence electrons. The van der Waals surface area contributed by atoms with Crippen molar-refractivity contribution in [1.82, 2.24) is 0 Å². The molecule has 0 aliphatic rings. The van der Waals surface area contributed by atoms with Gasteiger partial charge in [-0.15, -0.1) is 0 Å². The SMILES string of the molecule is CCCCCCCc1cc(F)c(C(F)(F)Oc2ccc3c(F)c(OC(F)F)ccc3c2)c(F)c1. The second-order valence-corrected chi connectivity index (χ2v) is 7.86. The highest BCUT2D eigenvalue weighted by molar-refractivity contribution is 5.86. The van der Waals surface area contributed by atoms with Gasteiger partial charge in [0.1, 0.15) is 22.9 Å². The fraction of sp³-hybridized carbons (Fsp3) is 0.360. The van der Waals surface area contributed by atoms with Gasteiger partial charge >= 0.3 is 12.7 Å². The molecule has 0 bridgehead atoms. The topological polar surface area (TPSA) is 18.5 Å². The summed E-state index contributed by atoms with van der Waals surface area (Å²) in [6.07, 6.45) is 0.641. The van der Waals surface area contributed by atoms with E-state index in [1.54, 1.807) is 0 Å². The standard InChI is InChI=1S/C25H23F7O2/c1-2-3-4-5-6-7-15-12-19(26)22(20(27)13-15)25(31,32)34-17-9-10-18-16(14-17)8-11-21(23(18)28)33-24(29)30/h8-14,24H,2-7H2,1H3. The molecular formula is C25H23F7O2. The van der Waals surface area contributed by atoms with Gasteiger partial charge in [0.25, 0.3) is 0 Å². The molecule has 0 aromatic heterocycles. The van der Waals surface area contributed by atoms with E-state index in [0.717, 1.165) is 68.1 Å². The minimum Gasteiger partial charge on any atom is -0.432 e. The van der Waals surface area contributed by atoms with Crippen molar-refractivity contribution in [3.8, 4) is 11.5 Å². The fourth-order valence-corrected chi connectivity index (χ4v) is 3.68. The summed E-state index contributed by atoms with van der Waals surface area (Å²) in [7, 11) is 0. The van der Waals surface area contributed by atoms with Crippen LogP contribution >= 0.6 is 0 Å². The summed E-state index contributed by atoms with van der Waals surface area (Å²) in [5, 5.41) is -0.152. The lowest BCUT2D eigenvalue weighted by molar-refractivity contribution is -0.189. The van der Waals surface area contributed by atoms with Gasteiger partial charge in [-0.1, -0.05) is 38.7 Å². The highest BCUT2D eigenvalue weighted by atomic mass is 19.3. The van der Waals surface area contributed by atoms with Crippen molar-refractivity contribution in [1.29, 1.82) is 0 Å². The zero-order valence-electron chi connectivity index (χ0n) is 18.3. The van der Waals surface area contributed by atoms with E-state index >= 15 is 0 Å². The first-order valence-corrected chi connectivity index (χ1v) is 10.8. The lowest BCUT2D eigenvalue weighted by Gasteiger charge is -2.20. The molecule has 0 saturated heterocycles. The number of hydrogen-bond acceptors (Lipinski definition) is 2. The van der Waals surface area contributed by atoms with Crippen molar-refractivity contribution in [2.75, 3.05) is 0 Å². The Balaban J connectivity index is 1.79. The number of unbranched alkanes of at least 4 members (excludes halogenated alkanes) is 4. The maximum absolute atomic E-state index is 14.7. The number of benzene rings is 3. The monoisotopic (exact) mass is 488 g/mol. The molecule has 0 heterocycles. The van der Waals surface area contributed by atoms with E-state index in [1.807, 2.05) is 0 Å². The molecule has 0 aliphatic heterocycles. The molecular weight excluding hydrogens is 465 g/mol. The van der Waals surface area contributed by atoms with Gasteiger partial charge in [-0.2, -0.15) is 17.6 Å². The Morgan fingerprint density at radius 2 is 1.53 bits per heavy atom. The van der Waals surface area contributed by atoms with E-state index in [0.29, 0.717) is 12.8 Å². The van der Waals surface area contributed by atoms with Crippen LogP contribution in [-0.2, 0) is 12.5 Å². The molecule has 0 fully saturated rings. The van der Waals surface area contributed by atoms with Gasteiger partial charge in [0.05, 0.1) is 0 Å². The number of hydrogen-bond donors (Lipinski definition) is 0. The van der Waals surface area contributed by atoms with Gasteiger partial charge in [-0.3, -0.25) is 0 Å². The third kappa shape index (κ3) is 6.12. The highest BCUT2D eigenvalue weighted by Gasteiger charge is 2.41. The summed E-state index contributed by atoms with van der Waals surface area (Å²) in [6.45, 7) is -1.19. The van der Waals surface area contributed by atoms with Crippen LogP contribution < -0.4 is 9.47 Å². The molecule has 0 radical (unpaired) electrons. The first kappa shape index (κ1) is 25.6. The lowest BCUT2D eigenvalue weighted by atomic mass is 10.0. The summed E-state index contributed by atoms with van der Waals surface area (Å²) in [4.78, 5) is 0. The number of alkyl halides is 4. The smallest absolute Gasteiger partial charge is 0.432 e. The van der Waals surface area contributed by atoms with Gasteiger partial charge in [-0.25, -0.2) is 13.2 Å². The molecule has 34 heavy (non-hydrogen) atoms. The third-order valence-electron chi connectivity index (χ3n) is 5.31. The number of rotatable bonds is 11. The van der Waals surface area contributed by atoms with Crippen LogP contribution in [0.3, 0.4) is 0 Å². The summed E-state index contributed by atoms with van der Waals surface area (Å²) in [5.41, 5.74) is -1.26. The largest absolute Gasteiger partial charge is 0.432 e. The van der Waals surface area contributed by atoms with E-state index in [4.69, 9.17) is 0 Å². The Morgan fingerprint density at radius 3 is 2.18 bits per heavy atom. The van der Waals surface area contributed by atoms with Crippen molar-refractivity contribution in [3.63, 3.8) is 0 Å². The van der Waals surface area contributed by atoms with Crippen LogP contribution in [0.5, 0.6) is 11.5 Å². The van der Waals surface area contributed by atoms with Crippen LogP contribution in [0.1, 0.15) is 50.2 Å². The van der Waals surface area contributed by atoms with Crippen LogP contribution in [0.25, 0.3) is 10.8 Å². The normalized spacial score (nSPS) is 11.9. The van der Waals surface area contributed by atoms with Crippen LogP contribution in [-0.4, -0.2) is 6.61 Å². The van der Waals surface area contributed by atoms with Crippen molar-refractivity contribution in [2.45, 2.75) is 58.2 Å². The Morgan fingerprint density at radius 1 is 0.853 bits per heavy atom. The maximum Gasteiger partial charge on any atom is 0.432 e. The molecule has 0 saturated carbocycles. The highest BCUT2D eigenvalue weighted by Crippen LogP contribution is 2.37. The zero-order chi connectivity index (χ0) is 24.9. The van der Waals surface area contributed by atoms with Crippen molar-refractivity contribution in [3.05, 3.63) is 71.0 Å². The second kappa shape index (κ2) is 11.0. The quantitative estimate of drug-likeness (QED) is 0.199. The first-order chi connectivity index (χ1) is 16.1. The molecule has 0 spiro atoms. The Kier molecular flexibility index (Phi) is 8.28. The average molecular weight is 488 g/mol. The van der Waals surface area contributed by atoms with E-state index < -0.39 is 47.2 Å². The predicted molar refractivity (Wildman–Crippen MR) is 114 cm³/mol. The van der Waals surface area contributed by atoms with Crippen LogP contribution in [0, 0.1) is 17.5 Å². The summed E-state index contributed by atoms with van der Waals surface area (Å²) >= 11 is 0. The summed E-state index contributed by atoms with van der Waals surface area (Å²) in [5.74, 6) is -5.20. The van der Waals surface area contributed by atoms with E-state index in [2.05, 4.69) is 16.4 Å². The van der Waals surface area contributed by atoms with Gasteiger partial charge in [0.2, 0.25) is 0 Å². The molecule has 0 unspecified atom stereocenters. The minimum absolute atomic E-state index is 0.0341. The Labute approximate surface area is 192 Å².